The Morgan fingerprint density at radius 1 is 1.18 bits per heavy atom. The fourth-order valence-electron chi connectivity index (χ4n) is 5.68. The molecule has 3 atom stereocenters. The predicted octanol–water partition coefficient (Wildman–Crippen LogP) is 8.63. The summed E-state index contributed by atoms with van der Waals surface area (Å²) >= 11 is 1.91. The molecule has 1 saturated heterocycles. The van der Waals surface area contributed by atoms with E-state index in [1.165, 1.54) is 16.7 Å². The largest absolute Gasteiger partial charge is 0.398 e. The van der Waals surface area contributed by atoms with Crippen LogP contribution in [0.2, 0.25) is 0 Å². The minimum absolute atomic E-state index is 0.292. The molecule has 0 spiro atoms. The van der Waals surface area contributed by atoms with E-state index in [2.05, 4.69) is 49.5 Å². The lowest BCUT2D eigenvalue weighted by Crippen LogP contribution is -2.15. The molecule has 1 aliphatic heterocycles. The van der Waals surface area contributed by atoms with Gasteiger partial charge in [0.1, 0.15) is 0 Å². The molecule has 1 unspecified atom stereocenters. The van der Waals surface area contributed by atoms with Crippen LogP contribution in [-0.2, 0) is 10.5 Å². The summed E-state index contributed by atoms with van der Waals surface area (Å²) < 4.78 is 12.2. The second-order valence-electron chi connectivity index (χ2n) is 10.3. The number of benzene rings is 1. The van der Waals surface area contributed by atoms with Crippen molar-refractivity contribution in [2.75, 3.05) is 5.75 Å². The van der Waals surface area contributed by atoms with Gasteiger partial charge in [-0.05, 0) is 68.7 Å². The highest BCUT2D eigenvalue weighted by Gasteiger charge is 2.31. The Hall–Kier alpha value is -3.02. The Morgan fingerprint density at radius 2 is 1.95 bits per heavy atom. The van der Waals surface area contributed by atoms with Crippen molar-refractivity contribution in [1.82, 2.24) is 5.16 Å². The molecule has 0 radical (unpaired) electrons. The molecule has 2 heterocycles. The highest BCUT2D eigenvalue weighted by molar-refractivity contribution is 7.98. The second kappa shape index (κ2) is 13.9. The molecule has 0 bridgehead atoms. The number of aryl methyl sites for hydroxylation is 1. The van der Waals surface area contributed by atoms with E-state index in [1.54, 1.807) is 6.08 Å². The summed E-state index contributed by atoms with van der Waals surface area (Å²) in [7, 11) is 0. The number of allylic oxidation sites excluding steroid dienone is 8. The van der Waals surface area contributed by atoms with Gasteiger partial charge in [0.25, 0.3) is 0 Å². The average Bonchev–Trinajstić information content (AvgIpc) is 3.65. The molecule has 2 aliphatic rings. The normalized spacial score (nSPS) is 21.7. The van der Waals surface area contributed by atoms with E-state index in [4.69, 9.17) is 15.0 Å². The third kappa shape index (κ3) is 6.95. The Bertz CT molecular complexity index is 1280. The van der Waals surface area contributed by atoms with Gasteiger partial charge in [-0.15, -0.1) is 0 Å². The lowest BCUT2D eigenvalue weighted by molar-refractivity contribution is 0.0512. The quantitative estimate of drug-likeness (QED) is 0.257. The highest BCUT2D eigenvalue weighted by atomic mass is 32.2. The number of hydrogen-bond donors (Lipinski definition) is 1. The van der Waals surface area contributed by atoms with Crippen LogP contribution in [0.5, 0.6) is 0 Å². The lowest BCUT2D eigenvalue weighted by Gasteiger charge is -2.19. The molecule has 2 N–H and O–H groups in total. The van der Waals surface area contributed by atoms with Gasteiger partial charge in [0.2, 0.25) is 0 Å². The number of nitrogens with zero attached hydrogens (tertiary/aromatic N) is 1. The van der Waals surface area contributed by atoms with Gasteiger partial charge in [0, 0.05) is 39.8 Å². The van der Waals surface area contributed by atoms with Crippen molar-refractivity contribution in [2.24, 2.45) is 11.7 Å². The third-order valence-electron chi connectivity index (χ3n) is 7.61. The molecule has 2 aromatic rings. The maximum absolute atomic E-state index is 6.51. The smallest absolute Gasteiger partial charge is 0.171 e. The summed E-state index contributed by atoms with van der Waals surface area (Å²) in [5.74, 6) is 3.05. The number of hydrogen-bond acceptors (Lipinski definition) is 5. The van der Waals surface area contributed by atoms with Crippen LogP contribution in [0.15, 0.2) is 106 Å². The van der Waals surface area contributed by atoms with Crippen LogP contribution in [0.1, 0.15) is 57.2 Å². The summed E-state index contributed by atoms with van der Waals surface area (Å²) in [6.45, 7) is 14.5. The first-order chi connectivity index (χ1) is 19.0. The zero-order chi connectivity index (χ0) is 27.8. The Balaban J connectivity index is 1.33. The van der Waals surface area contributed by atoms with Gasteiger partial charge < -0.3 is 15.0 Å². The van der Waals surface area contributed by atoms with E-state index < -0.39 is 0 Å². The standard InChI is InChI=1S/C34H42N2O2S/c1-6-12-23(4)32-27(20-25(8-3)33(32)31(35)13-7-2)16-17-28-18-19-29(37-28)21-39-22-30-24(5)36-38-34(30)26-14-10-9-11-15-26/h6-7,9-15,20,27-29H,2,4,8,16-19,21-22,35H2,1,3,5H3/b12-6-,31-13-/t27?,28-,29-/m0/s1. The van der Waals surface area contributed by atoms with Crippen molar-refractivity contribution in [3.05, 3.63) is 113 Å². The summed E-state index contributed by atoms with van der Waals surface area (Å²) in [5.41, 5.74) is 15.2. The zero-order valence-corrected chi connectivity index (χ0v) is 24.4. The monoisotopic (exact) mass is 542 g/mol. The van der Waals surface area contributed by atoms with Crippen molar-refractivity contribution >= 4 is 11.8 Å². The maximum atomic E-state index is 6.51. The number of thioether (sulfide) groups is 1. The third-order valence-corrected chi connectivity index (χ3v) is 8.71. The number of ether oxygens (including phenoxy) is 1. The van der Waals surface area contributed by atoms with Gasteiger partial charge in [-0.1, -0.05) is 79.9 Å². The average molecular weight is 543 g/mol. The SMILES string of the molecule is C=C/C=C(\N)C1=C(C(=C)/C=C\C)C(CC[C@H]2CC[C@@H](CSCc3c(C)noc3-c3ccccc3)O2)C=C1CC. The molecule has 1 fully saturated rings. The van der Waals surface area contributed by atoms with Gasteiger partial charge in [0.15, 0.2) is 5.76 Å². The Kier molecular flexibility index (Phi) is 10.3. The topological polar surface area (TPSA) is 61.3 Å². The fourth-order valence-corrected chi connectivity index (χ4v) is 6.85. The van der Waals surface area contributed by atoms with E-state index in [1.807, 2.05) is 56.0 Å². The van der Waals surface area contributed by atoms with Gasteiger partial charge in [-0.2, -0.15) is 11.8 Å². The molecule has 1 aliphatic carbocycles. The van der Waals surface area contributed by atoms with E-state index >= 15 is 0 Å². The van der Waals surface area contributed by atoms with Crippen molar-refractivity contribution in [3.63, 3.8) is 0 Å². The van der Waals surface area contributed by atoms with Gasteiger partial charge >= 0.3 is 0 Å². The zero-order valence-electron chi connectivity index (χ0n) is 23.6. The molecule has 206 valence electrons. The molecule has 0 saturated carbocycles. The number of nitrogens with two attached hydrogens (primary N) is 1. The molecular weight excluding hydrogens is 500 g/mol. The van der Waals surface area contributed by atoms with E-state index in [0.717, 1.165) is 77.5 Å². The maximum Gasteiger partial charge on any atom is 0.171 e. The van der Waals surface area contributed by atoms with Crippen LogP contribution >= 0.6 is 11.8 Å². The van der Waals surface area contributed by atoms with Crippen LogP contribution in [0, 0.1) is 12.8 Å². The number of aromatic nitrogens is 1. The first-order valence-electron chi connectivity index (χ1n) is 14.1. The van der Waals surface area contributed by atoms with E-state index in [0.29, 0.717) is 18.1 Å². The van der Waals surface area contributed by atoms with Gasteiger partial charge in [-0.25, -0.2) is 0 Å². The van der Waals surface area contributed by atoms with Crippen LogP contribution in [0.25, 0.3) is 11.3 Å². The molecule has 5 heteroatoms. The molecule has 39 heavy (non-hydrogen) atoms. The first kappa shape index (κ1) is 29.0. The van der Waals surface area contributed by atoms with Gasteiger partial charge in [0.05, 0.1) is 17.9 Å². The van der Waals surface area contributed by atoms with Crippen molar-refractivity contribution in [2.45, 2.75) is 70.8 Å². The summed E-state index contributed by atoms with van der Waals surface area (Å²) in [6, 6.07) is 10.2. The summed E-state index contributed by atoms with van der Waals surface area (Å²) in [6.07, 6.45) is 16.0. The van der Waals surface area contributed by atoms with Crippen LogP contribution in [0.4, 0.5) is 0 Å². The van der Waals surface area contributed by atoms with E-state index in [-0.39, 0.29) is 0 Å². The van der Waals surface area contributed by atoms with Crippen molar-refractivity contribution in [3.8, 4) is 11.3 Å². The molecule has 0 amide bonds. The Morgan fingerprint density at radius 3 is 2.67 bits per heavy atom. The summed E-state index contributed by atoms with van der Waals surface area (Å²) in [5, 5.41) is 4.23. The second-order valence-corrected chi connectivity index (χ2v) is 11.3. The highest BCUT2D eigenvalue weighted by Crippen LogP contribution is 2.42. The Labute approximate surface area is 238 Å². The van der Waals surface area contributed by atoms with Gasteiger partial charge in [-0.3, -0.25) is 0 Å². The number of rotatable bonds is 13. The molecule has 1 aromatic carbocycles. The molecular formula is C34H42N2O2S. The van der Waals surface area contributed by atoms with Crippen molar-refractivity contribution in [1.29, 1.82) is 0 Å². The van der Waals surface area contributed by atoms with Crippen LogP contribution in [-0.4, -0.2) is 23.1 Å². The minimum Gasteiger partial charge on any atom is -0.398 e. The molecule has 1 aromatic heterocycles. The lowest BCUT2D eigenvalue weighted by atomic mass is 9.88. The molecule has 4 rings (SSSR count). The first-order valence-corrected chi connectivity index (χ1v) is 15.2. The molecule has 4 nitrogen and oxygen atoms in total. The van der Waals surface area contributed by atoms with Crippen LogP contribution in [0.3, 0.4) is 0 Å². The van der Waals surface area contributed by atoms with Crippen molar-refractivity contribution < 1.29 is 9.26 Å². The van der Waals surface area contributed by atoms with E-state index in [9.17, 15) is 0 Å². The minimum atomic E-state index is 0.292. The fraction of sp³-hybridized carbons (Fsp3) is 0.382. The predicted molar refractivity (Wildman–Crippen MR) is 165 cm³/mol. The summed E-state index contributed by atoms with van der Waals surface area (Å²) in [4.78, 5) is 0. The van der Waals surface area contributed by atoms with Crippen LogP contribution < -0.4 is 5.73 Å².